The van der Waals surface area contributed by atoms with Gasteiger partial charge >= 0.3 is 0 Å². The van der Waals surface area contributed by atoms with Crippen LogP contribution in [0.15, 0.2) is 0 Å². The number of nitrogens with zero attached hydrogens (tertiary/aromatic N) is 1. The lowest BCUT2D eigenvalue weighted by atomic mass is 9.94. The molecule has 5 nitrogen and oxygen atoms in total. The van der Waals surface area contributed by atoms with Crippen molar-refractivity contribution in [3.05, 3.63) is 0 Å². The molecule has 3 aliphatic heterocycles. The Morgan fingerprint density at radius 2 is 2.00 bits per heavy atom. The molecular weight excluding hydrogens is 289 g/mol. The van der Waals surface area contributed by atoms with Gasteiger partial charge in [-0.25, -0.2) is 0 Å². The van der Waals surface area contributed by atoms with Crippen molar-refractivity contribution in [2.24, 2.45) is 0 Å². The fourth-order valence-corrected chi connectivity index (χ4v) is 3.17. The van der Waals surface area contributed by atoms with Crippen molar-refractivity contribution < 1.29 is 9.53 Å². The number of Topliss-reactive ketones (excluding diaryl/α,β-unsaturated/α-hetero) is 1. The van der Waals surface area contributed by atoms with Gasteiger partial charge in [0.1, 0.15) is 6.10 Å². The molecule has 0 aromatic rings. The molecule has 0 aliphatic carbocycles. The largest absolute Gasteiger partial charge is 0.370 e. The Morgan fingerprint density at radius 1 is 1.21 bits per heavy atom. The number of nitrogens with one attached hydrogen (secondary N) is 2. The SMILES string of the molecule is Cl.Cl.O=C(C1NCCN2CCNCC12)[C@H]1CCCO1. The zero-order valence-electron chi connectivity index (χ0n) is 11.0. The summed E-state index contributed by atoms with van der Waals surface area (Å²) < 4.78 is 5.52. The molecule has 3 rings (SSSR count). The van der Waals surface area contributed by atoms with Gasteiger partial charge in [0, 0.05) is 45.4 Å². The fraction of sp³-hybridized carbons (Fsp3) is 0.917. The van der Waals surface area contributed by atoms with Crippen LogP contribution in [-0.2, 0) is 9.53 Å². The van der Waals surface area contributed by atoms with E-state index in [0.29, 0.717) is 6.04 Å². The third-order valence-corrected chi connectivity index (χ3v) is 4.10. The highest BCUT2D eigenvalue weighted by Crippen LogP contribution is 2.19. The summed E-state index contributed by atoms with van der Waals surface area (Å²) in [5.41, 5.74) is 0. The van der Waals surface area contributed by atoms with Crippen molar-refractivity contribution in [3.63, 3.8) is 0 Å². The summed E-state index contributed by atoms with van der Waals surface area (Å²) in [6, 6.07) is 0.272. The van der Waals surface area contributed by atoms with Crippen LogP contribution in [-0.4, -0.2) is 68.2 Å². The summed E-state index contributed by atoms with van der Waals surface area (Å²) in [7, 11) is 0. The predicted molar refractivity (Wildman–Crippen MR) is 78.5 cm³/mol. The van der Waals surface area contributed by atoms with Gasteiger partial charge < -0.3 is 15.4 Å². The third kappa shape index (κ3) is 3.60. The first-order valence-corrected chi connectivity index (χ1v) is 6.70. The maximum atomic E-state index is 12.4. The standard InChI is InChI=1S/C12H21N3O2.2ClH/c16-12(10-2-1-7-17-10)11-9-8-13-3-5-15(9)6-4-14-11;;/h9-11,13-14H,1-8H2;2*1H/t9?,10-,11?;;/m1../s1. The highest BCUT2D eigenvalue weighted by atomic mass is 35.5. The van der Waals surface area contributed by atoms with Gasteiger partial charge in [0.2, 0.25) is 0 Å². The van der Waals surface area contributed by atoms with E-state index >= 15 is 0 Å². The minimum Gasteiger partial charge on any atom is -0.370 e. The zero-order chi connectivity index (χ0) is 11.7. The molecule has 3 heterocycles. The van der Waals surface area contributed by atoms with Gasteiger partial charge in [-0.2, -0.15) is 0 Å². The van der Waals surface area contributed by atoms with Gasteiger partial charge in [0.05, 0.1) is 6.04 Å². The highest BCUT2D eigenvalue weighted by molar-refractivity contribution is 5.89. The van der Waals surface area contributed by atoms with Crippen LogP contribution < -0.4 is 10.6 Å². The first-order valence-electron chi connectivity index (χ1n) is 6.70. The monoisotopic (exact) mass is 311 g/mol. The minimum atomic E-state index is -0.158. The number of carbonyl (C=O) groups excluding carboxylic acids is 1. The predicted octanol–water partition coefficient (Wildman–Crippen LogP) is -0.176. The van der Waals surface area contributed by atoms with E-state index in [9.17, 15) is 4.79 Å². The average molecular weight is 312 g/mol. The molecule has 3 atom stereocenters. The van der Waals surface area contributed by atoms with E-state index in [1.54, 1.807) is 0 Å². The molecule has 112 valence electrons. The fourth-order valence-electron chi connectivity index (χ4n) is 3.17. The number of hydrogen-bond acceptors (Lipinski definition) is 5. The molecule has 3 fully saturated rings. The van der Waals surface area contributed by atoms with E-state index in [1.807, 2.05) is 0 Å². The molecule has 0 amide bonds. The van der Waals surface area contributed by atoms with E-state index in [4.69, 9.17) is 4.74 Å². The van der Waals surface area contributed by atoms with Crippen LogP contribution in [0.25, 0.3) is 0 Å². The third-order valence-electron chi connectivity index (χ3n) is 4.10. The second-order valence-corrected chi connectivity index (χ2v) is 5.14. The molecule has 7 heteroatoms. The Labute approximate surface area is 126 Å². The topological polar surface area (TPSA) is 53.6 Å². The van der Waals surface area contributed by atoms with Crippen molar-refractivity contribution in [2.75, 3.05) is 39.3 Å². The molecule has 0 radical (unpaired) electrons. The second kappa shape index (κ2) is 7.76. The van der Waals surface area contributed by atoms with Gasteiger partial charge in [0.15, 0.2) is 5.78 Å². The summed E-state index contributed by atoms with van der Waals surface area (Å²) in [4.78, 5) is 14.8. The Bertz CT molecular complexity index is 299. The van der Waals surface area contributed by atoms with Crippen molar-refractivity contribution in [1.82, 2.24) is 15.5 Å². The Morgan fingerprint density at radius 3 is 2.74 bits per heavy atom. The molecule has 3 saturated heterocycles. The van der Waals surface area contributed by atoms with Crippen LogP contribution >= 0.6 is 24.8 Å². The molecule has 0 spiro atoms. The second-order valence-electron chi connectivity index (χ2n) is 5.14. The Kier molecular flexibility index (Phi) is 7.00. The minimum absolute atomic E-state index is 0. The molecule has 0 aromatic heterocycles. The van der Waals surface area contributed by atoms with E-state index in [-0.39, 0.29) is 42.7 Å². The number of piperazine rings is 2. The van der Waals surface area contributed by atoms with Gasteiger partial charge in [-0.3, -0.25) is 9.69 Å². The van der Waals surface area contributed by atoms with E-state index < -0.39 is 0 Å². The first kappa shape index (κ1) is 17.1. The van der Waals surface area contributed by atoms with Crippen LogP contribution in [0.1, 0.15) is 12.8 Å². The van der Waals surface area contributed by atoms with Crippen molar-refractivity contribution in [2.45, 2.75) is 31.0 Å². The van der Waals surface area contributed by atoms with Gasteiger partial charge in [0.25, 0.3) is 0 Å². The van der Waals surface area contributed by atoms with Gasteiger partial charge in [-0.05, 0) is 12.8 Å². The Hall–Kier alpha value is 0.0900. The van der Waals surface area contributed by atoms with Gasteiger partial charge in [-0.1, -0.05) is 0 Å². The molecule has 0 saturated carbocycles. The maximum absolute atomic E-state index is 12.4. The summed E-state index contributed by atoms with van der Waals surface area (Å²) in [6.07, 6.45) is 1.77. The lowest BCUT2D eigenvalue weighted by Gasteiger charge is -2.44. The number of rotatable bonds is 2. The summed E-state index contributed by atoms with van der Waals surface area (Å²) in [6.45, 7) is 5.73. The number of hydrogen-bond donors (Lipinski definition) is 2. The van der Waals surface area contributed by atoms with Crippen molar-refractivity contribution >= 4 is 30.6 Å². The molecule has 2 unspecified atom stereocenters. The van der Waals surface area contributed by atoms with Gasteiger partial charge in [-0.15, -0.1) is 24.8 Å². The number of ether oxygens (including phenoxy) is 1. The smallest absolute Gasteiger partial charge is 0.180 e. The maximum Gasteiger partial charge on any atom is 0.180 e. The van der Waals surface area contributed by atoms with E-state index in [2.05, 4.69) is 15.5 Å². The van der Waals surface area contributed by atoms with Crippen LogP contribution in [0.3, 0.4) is 0 Å². The van der Waals surface area contributed by atoms with Crippen LogP contribution in [0.2, 0.25) is 0 Å². The van der Waals surface area contributed by atoms with Crippen molar-refractivity contribution in [1.29, 1.82) is 0 Å². The van der Waals surface area contributed by atoms with Crippen LogP contribution in [0.4, 0.5) is 0 Å². The molecule has 0 bridgehead atoms. The van der Waals surface area contributed by atoms with E-state index in [1.165, 1.54) is 0 Å². The molecular formula is C12H23Cl2N3O2. The lowest BCUT2D eigenvalue weighted by Crippen LogP contribution is -2.68. The molecule has 2 N–H and O–H groups in total. The van der Waals surface area contributed by atoms with Crippen LogP contribution in [0, 0.1) is 0 Å². The molecule has 3 aliphatic rings. The summed E-state index contributed by atoms with van der Waals surface area (Å²) in [5.74, 6) is 0.265. The van der Waals surface area contributed by atoms with E-state index in [0.717, 1.165) is 52.2 Å². The molecule has 0 aromatic carbocycles. The average Bonchev–Trinajstić information content (AvgIpc) is 2.91. The summed E-state index contributed by atoms with van der Waals surface area (Å²) >= 11 is 0. The molecule has 19 heavy (non-hydrogen) atoms. The number of fused-ring (bicyclic) bond motifs is 1. The quantitative estimate of drug-likeness (QED) is 0.741. The summed E-state index contributed by atoms with van der Waals surface area (Å²) in [5, 5.41) is 6.77. The first-order chi connectivity index (χ1) is 8.36. The Balaban J connectivity index is 0.000000902. The normalized spacial score (nSPS) is 34.8. The number of ketones is 1. The zero-order valence-corrected chi connectivity index (χ0v) is 12.6. The number of carbonyl (C=O) groups is 1. The lowest BCUT2D eigenvalue weighted by molar-refractivity contribution is -0.133. The van der Waals surface area contributed by atoms with Crippen LogP contribution in [0.5, 0.6) is 0 Å². The number of halogens is 2. The van der Waals surface area contributed by atoms with Crippen molar-refractivity contribution in [3.8, 4) is 0 Å². The highest BCUT2D eigenvalue weighted by Gasteiger charge is 2.40.